The molecular formula is C18H33Cl2N3O2. The molecule has 1 unspecified atom stereocenters. The standard InChI is InChI=1S/C18H31N3O2.2ClH/c1-14(2)16(19)10-11-21(5)18(22)15-8-6-7-9-17(15)23-13-12-20(3)4;;/h6-9,14,16H,10-13,19H2,1-5H3;2*1H. The molecule has 1 aromatic carbocycles. The third-order valence-corrected chi connectivity index (χ3v) is 3.91. The number of amides is 1. The summed E-state index contributed by atoms with van der Waals surface area (Å²) in [7, 11) is 5.80. The van der Waals surface area contributed by atoms with Gasteiger partial charge in [0.05, 0.1) is 5.56 Å². The minimum atomic E-state index is -0.0265. The van der Waals surface area contributed by atoms with Gasteiger partial charge in [-0.1, -0.05) is 26.0 Å². The SMILES string of the molecule is CC(C)C(N)CCN(C)C(=O)c1ccccc1OCCN(C)C.Cl.Cl. The van der Waals surface area contributed by atoms with Crippen molar-refractivity contribution in [3.8, 4) is 5.75 Å². The second-order valence-electron chi connectivity index (χ2n) is 6.57. The van der Waals surface area contributed by atoms with Crippen LogP contribution in [0.15, 0.2) is 24.3 Å². The third kappa shape index (κ3) is 9.31. The van der Waals surface area contributed by atoms with Gasteiger partial charge < -0.3 is 20.3 Å². The summed E-state index contributed by atoms with van der Waals surface area (Å²) >= 11 is 0. The molecule has 1 aromatic rings. The summed E-state index contributed by atoms with van der Waals surface area (Å²) < 4.78 is 5.77. The first-order valence-corrected chi connectivity index (χ1v) is 8.20. The number of likely N-dealkylation sites (N-methyl/N-ethyl adjacent to an activating group) is 1. The number of carbonyl (C=O) groups is 1. The van der Waals surface area contributed by atoms with Crippen LogP contribution in [-0.4, -0.2) is 62.6 Å². The second-order valence-corrected chi connectivity index (χ2v) is 6.57. The Kier molecular flexibility index (Phi) is 13.9. The lowest BCUT2D eigenvalue weighted by Crippen LogP contribution is -2.34. The van der Waals surface area contributed by atoms with E-state index < -0.39 is 0 Å². The lowest BCUT2D eigenvalue weighted by molar-refractivity contribution is 0.0784. The number of hydrogen-bond acceptors (Lipinski definition) is 4. The van der Waals surface area contributed by atoms with Gasteiger partial charge in [0.1, 0.15) is 12.4 Å². The number of ether oxygens (including phenoxy) is 1. The quantitative estimate of drug-likeness (QED) is 0.700. The number of rotatable bonds is 9. The summed E-state index contributed by atoms with van der Waals surface area (Å²) in [4.78, 5) is 16.4. The summed E-state index contributed by atoms with van der Waals surface area (Å²) in [6, 6.07) is 7.51. The molecule has 0 fully saturated rings. The van der Waals surface area contributed by atoms with Gasteiger partial charge in [-0.25, -0.2) is 0 Å². The Hall–Kier alpha value is -1.01. The van der Waals surface area contributed by atoms with E-state index in [1.807, 2.05) is 50.3 Å². The maximum Gasteiger partial charge on any atom is 0.257 e. The molecule has 0 saturated heterocycles. The van der Waals surface area contributed by atoms with Crippen molar-refractivity contribution in [3.63, 3.8) is 0 Å². The lowest BCUT2D eigenvalue weighted by Gasteiger charge is -2.22. The molecule has 0 bridgehead atoms. The fourth-order valence-electron chi connectivity index (χ4n) is 2.09. The Morgan fingerprint density at radius 1 is 1.12 bits per heavy atom. The predicted octanol–water partition coefficient (Wildman–Crippen LogP) is 2.92. The minimum absolute atomic E-state index is 0. The van der Waals surface area contributed by atoms with Crippen LogP contribution in [0.3, 0.4) is 0 Å². The number of halogens is 2. The predicted molar refractivity (Wildman–Crippen MR) is 109 cm³/mol. The summed E-state index contributed by atoms with van der Waals surface area (Å²) in [5.41, 5.74) is 6.66. The molecule has 0 spiro atoms. The molecule has 1 atom stereocenters. The highest BCUT2D eigenvalue weighted by atomic mass is 35.5. The van der Waals surface area contributed by atoms with Crippen LogP contribution in [0.4, 0.5) is 0 Å². The van der Waals surface area contributed by atoms with E-state index in [1.54, 1.807) is 4.90 Å². The van der Waals surface area contributed by atoms with Crippen LogP contribution < -0.4 is 10.5 Å². The smallest absolute Gasteiger partial charge is 0.257 e. The molecule has 0 aromatic heterocycles. The van der Waals surface area contributed by atoms with Crippen LogP contribution in [0.2, 0.25) is 0 Å². The van der Waals surface area contributed by atoms with Crippen LogP contribution in [0.1, 0.15) is 30.6 Å². The van der Waals surface area contributed by atoms with Crippen molar-refractivity contribution in [2.45, 2.75) is 26.3 Å². The normalized spacial score (nSPS) is 11.5. The van der Waals surface area contributed by atoms with Crippen molar-refractivity contribution in [2.75, 3.05) is 40.8 Å². The summed E-state index contributed by atoms with van der Waals surface area (Å²) in [6.07, 6.45) is 0.795. The molecule has 1 amide bonds. The molecule has 7 heteroatoms. The zero-order valence-electron chi connectivity index (χ0n) is 15.9. The highest BCUT2D eigenvalue weighted by molar-refractivity contribution is 5.96. The molecule has 0 aliphatic heterocycles. The maximum atomic E-state index is 12.6. The Balaban J connectivity index is 0. The minimum Gasteiger partial charge on any atom is -0.491 e. The van der Waals surface area contributed by atoms with E-state index in [1.165, 1.54) is 0 Å². The Bertz CT molecular complexity index is 499. The second kappa shape index (κ2) is 13.2. The van der Waals surface area contributed by atoms with Gasteiger partial charge >= 0.3 is 0 Å². The van der Waals surface area contributed by atoms with Gasteiger partial charge in [-0.2, -0.15) is 0 Å². The number of nitrogens with two attached hydrogens (primary N) is 1. The van der Waals surface area contributed by atoms with Gasteiger partial charge in [0.15, 0.2) is 0 Å². The fraction of sp³-hybridized carbons (Fsp3) is 0.611. The molecule has 0 aliphatic rings. The Labute approximate surface area is 164 Å². The van der Waals surface area contributed by atoms with E-state index in [4.69, 9.17) is 10.5 Å². The van der Waals surface area contributed by atoms with Gasteiger partial charge in [0, 0.05) is 26.2 Å². The highest BCUT2D eigenvalue weighted by Crippen LogP contribution is 2.20. The van der Waals surface area contributed by atoms with Gasteiger partial charge in [-0.05, 0) is 38.6 Å². The summed E-state index contributed by atoms with van der Waals surface area (Å²) in [5, 5.41) is 0. The zero-order chi connectivity index (χ0) is 17.4. The van der Waals surface area contributed by atoms with Crippen LogP contribution in [0, 0.1) is 5.92 Å². The first-order valence-electron chi connectivity index (χ1n) is 8.20. The van der Waals surface area contributed by atoms with E-state index in [-0.39, 0.29) is 36.8 Å². The van der Waals surface area contributed by atoms with E-state index >= 15 is 0 Å². The van der Waals surface area contributed by atoms with E-state index in [0.717, 1.165) is 13.0 Å². The van der Waals surface area contributed by atoms with Gasteiger partial charge in [0.25, 0.3) is 5.91 Å². The Morgan fingerprint density at radius 2 is 1.72 bits per heavy atom. The first kappa shape index (κ1) is 26.2. The number of benzene rings is 1. The molecule has 0 heterocycles. The van der Waals surface area contributed by atoms with Crippen molar-refractivity contribution in [2.24, 2.45) is 11.7 Å². The number of para-hydroxylation sites is 1. The van der Waals surface area contributed by atoms with Crippen LogP contribution in [0.25, 0.3) is 0 Å². The van der Waals surface area contributed by atoms with Gasteiger partial charge in [-0.3, -0.25) is 4.79 Å². The fourth-order valence-corrected chi connectivity index (χ4v) is 2.09. The largest absolute Gasteiger partial charge is 0.491 e. The number of carbonyl (C=O) groups excluding carboxylic acids is 1. The molecule has 2 N–H and O–H groups in total. The lowest BCUT2D eigenvalue weighted by atomic mass is 10.0. The third-order valence-electron chi connectivity index (χ3n) is 3.91. The summed E-state index contributed by atoms with van der Waals surface area (Å²) in [6.45, 7) is 6.20. The van der Waals surface area contributed by atoms with E-state index in [9.17, 15) is 4.79 Å². The van der Waals surface area contributed by atoms with E-state index in [2.05, 4.69) is 13.8 Å². The molecular weight excluding hydrogens is 361 g/mol. The molecule has 0 saturated carbocycles. The van der Waals surface area contributed by atoms with Crippen molar-refractivity contribution < 1.29 is 9.53 Å². The van der Waals surface area contributed by atoms with Crippen LogP contribution >= 0.6 is 24.8 Å². The maximum absolute atomic E-state index is 12.6. The van der Waals surface area contributed by atoms with E-state index in [0.29, 0.717) is 30.4 Å². The molecule has 25 heavy (non-hydrogen) atoms. The van der Waals surface area contributed by atoms with Crippen molar-refractivity contribution in [1.29, 1.82) is 0 Å². The summed E-state index contributed by atoms with van der Waals surface area (Å²) in [5.74, 6) is 1.03. The molecule has 0 aliphatic carbocycles. The van der Waals surface area contributed by atoms with Crippen molar-refractivity contribution in [3.05, 3.63) is 29.8 Å². The van der Waals surface area contributed by atoms with Crippen molar-refractivity contribution >= 4 is 30.7 Å². The molecule has 1 rings (SSSR count). The van der Waals surface area contributed by atoms with Crippen LogP contribution in [-0.2, 0) is 0 Å². The average Bonchev–Trinajstić information content (AvgIpc) is 2.51. The van der Waals surface area contributed by atoms with Crippen molar-refractivity contribution in [1.82, 2.24) is 9.80 Å². The zero-order valence-corrected chi connectivity index (χ0v) is 17.5. The molecule has 5 nitrogen and oxygen atoms in total. The monoisotopic (exact) mass is 393 g/mol. The average molecular weight is 394 g/mol. The number of nitrogens with zero attached hydrogens (tertiary/aromatic N) is 2. The van der Waals surface area contributed by atoms with Gasteiger partial charge in [-0.15, -0.1) is 24.8 Å². The van der Waals surface area contributed by atoms with Gasteiger partial charge in [0.2, 0.25) is 0 Å². The molecule has 146 valence electrons. The first-order chi connectivity index (χ1) is 10.8. The Morgan fingerprint density at radius 3 is 2.28 bits per heavy atom. The number of hydrogen-bond donors (Lipinski definition) is 1. The molecule has 0 radical (unpaired) electrons. The van der Waals surface area contributed by atoms with Crippen LogP contribution in [0.5, 0.6) is 5.75 Å². The topological polar surface area (TPSA) is 58.8 Å². The highest BCUT2D eigenvalue weighted by Gasteiger charge is 2.18.